The highest BCUT2D eigenvalue weighted by Gasteiger charge is 2.44. The molecule has 1 fully saturated rings. The van der Waals surface area contributed by atoms with E-state index in [0.29, 0.717) is 6.54 Å². The molecule has 0 radical (unpaired) electrons. The Morgan fingerprint density at radius 2 is 2.06 bits per heavy atom. The number of carbonyl (C=O) groups is 1. The normalized spacial score (nSPS) is 19.5. The summed E-state index contributed by atoms with van der Waals surface area (Å²) in [5.74, 6) is 0.806. The van der Waals surface area contributed by atoms with Crippen molar-refractivity contribution >= 4 is 29.0 Å². The Hall–Kier alpha value is -2.62. The molecule has 4 rings (SSSR count). The lowest BCUT2D eigenvalue weighted by Crippen LogP contribution is -2.46. The highest BCUT2D eigenvalue weighted by Crippen LogP contribution is 2.42. The molecular weight excluding hydrogens is 414 g/mol. The molecule has 2 atom stereocenters. The van der Waals surface area contributed by atoms with Crippen LogP contribution in [0.5, 0.6) is 0 Å². The summed E-state index contributed by atoms with van der Waals surface area (Å²) >= 11 is 1.62. The number of hydrogen-bond acceptors (Lipinski definition) is 6. The lowest BCUT2D eigenvalue weighted by Gasteiger charge is -2.36. The SMILES string of the molecule is CCn1ncc(-c2nc3c(SC4CCN(C(=O)O)C4C(C)(C)C)ncnc3n2C)c1C. The van der Waals surface area contributed by atoms with Crippen molar-refractivity contribution in [1.29, 1.82) is 0 Å². The van der Waals surface area contributed by atoms with Crippen LogP contribution >= 0.6 is 11.8 Å². The first-order chi connectivity index (χ1) is 14.6. The van der Waals surface area contributed by atoms with E-state index in [0.717, 1.165) is 46.2 Å². The Bertz CT molecular complexity index is 1130. The summed E-state index contributed by atoms with van der Waals surface area (Å²) in [5.41, 5.74) is 3.36. The number of amides is 1. The van der Waals surface area contributed by atoms with Crippen LogP contribution in [0.2, 0.25) is 0 Å². The van der Waals surface area contributed by atoms with Gasteiger partial charge in [-0.2, -0.15) is 5.10 Å². The number of nitrogens with zero attached hydrogens (tertiary/aromatic N) is 7. The Morgan fingerprint density at radius 1 is 1.32 bits per heavy atom. The van der Waals surface area contributed by atoms with Gasteiger partial charge in [-0.3, -0.25) is 4.68 Å². The standard InChI is InChI=1S/C21H29N7O2S/c1-7-28-12(2)13(10-24-28)17-25-15-18(26(17)6)22-11-23-19(15)31-14-8-9-27(20(29)30)16(14)21(3,4)5/h10-11,14,16H,7-9H2,1-6H3,(H,29,30). The number of thioether (sulfide) groups is 1. The van der Waals surface area contributed by atoms with Crippen molar-refractivity contribution in [1.82, 2.24) is 34.2 Å². The molecular formula is C21H29N7O2S. The molecule has 1 amide bonds. The summed E-state index contributed by atoms with van der Waals surface area (Å²) in [6, 6.07) is -0.103. The summed E-state index contributed by atoms with van der Waals surface area (Å²) in [6.07, 6.45) is 3.33. The molecule has 0 aliphatic carbocycles. The second-order valence-corrected chi connectivity index (χ2v) is 10.3. The lowest BCUT2D eigenvalue weighted by atomic mass is 9.85. The van der Waals surface area contributed by atoms with Gasteiger partial charge in [0.05, 0.1) is 17.8 Å². The minimum atomic E-state index is -0.862. The number of imidazole rings is 1. The van der Waals surface area contributed by atoms with Crippen molar-refractivity contribution in [3.8, 4) is 11.4 Å². The molecule has 31 heavy (non-hydrogen) atoms. The van der Waals surface area contributed by atoms with E-state index in [1.807, 2.05) is 29.4 Å². The largest absolute Gasteiger partial charge is 0.465 e. The van der Waals surface area contributed by atoms with Crippen LogP contribution in [-0.2, 0) is 13.6 Å². The van der Waals surface area contributed by atoms with Crippen LogP contribution in [0.1, 0.15) is 39.8 Å². The van der Waals surface area contributed by atoms with E-state index in [-0.39, 0.29) is 16.7 Å². The Morgan fingerprint density at radius 3 is 2.68 bits per heavy atom. The highest BCUT2D eigenvalue weighted by atomic mass is 32.2. The van der Waals surface area contributed by atoms with Crippen LogP contribution in [0.25, 0.3) is 22.6 Å². The summed E-state index contributed by atoms with van der Waals surface area (Å²) < 4.78 is 3.92. The molecule has 3 aromatic rings. The molecule has 166 valence electrons. The van der Waals surface area contributed by atoms with Crippen molar-refractivity contribution in [2.24, 2.45) is 12.5 Å². The van der Waals surface area contributed by atoms with Gasteiger partial charge in [-0.1, -0.05) is 32.5 Å². The maximum atomic E-state index is 11.8. The number of fused-ring (bicyclic) bond motifs is 1. The van der Waals surface area contributed by atoms with Crippen molar-refractivity contribution in [2.45, 2.75) is 63.9 Å². The van der Waals surface area contributed by atoms with Crippen molar-refractivity contribution < 1.29 is 9.90 Å². The van der Waals surface area contributed by atoms with Crippen LogP contribution in [0.4, 0.5) is 4.79 Å². The summed E-state index contributed by atoms with van der Waals surface area (Å²) in [7, 11) is 1.95. The van der Waals surface area contributed by atoms with Crippen LogP contribution < -0.4 is 0 Å². The average Bonchev–Trinajstić information content (AvgIpc) is 3.38. The minimum Gasteiger partial charge on any atom is -0.465 e. The molecule has 1 aliphatic rings. The molecule has 1 saturated heterocycles. The molecule has 9 nitrogen and oxygen atoms in total. The second kappa shape index (κ2) is 7.81. The van der Waals surface area contributed by atoms with Gasteiger partial charge in [0, 0.05) is 31.1 Å². The van der Waals surface area contributed by atoms with E-state index in [1.165, 1.54) is 0 Å². The highest BCUT2D eigenvalue weighted by molar-refractivity contribution is 8.00. The molecule has 1 N–H and O–H groups in total. The number of aryl methyl sites for hydroxylation is 2. The quantitative estimate of drug-likeness (QED) is 0.612. The zero-order chi connectivity index (χ0) is 22.5. The molecule has 0 aromatic carbocycles. The zero-order valence-corrected chi connectivity index (χ0v) is 19.6. The first kappa shape index (κ1) is 21.6. The van der Waals surface area contributed by atoms with Gasteiger partial charge in [0.1, 0.15) is 22.7 Å². The molecule has 2 unspecified atom stereocenters. The van der Waals surface area contributed by atoms with E-state index in [4.69, 9.17) is 4.98 Å². The van der Waals surface area contributed by atoms with E-state index in [9.17, 15) is 9.90 Å². The Labute approximate surface area is 185 Å². The van der Waals surface area contributed by atoms with Gasteiger partial charge < -0.3 is 14.6 Å². The number of aromatic nitrogens is 6. The van der Waals surface area contributed by atoms with Crippen LogP contribution in [0, 0.1) is 12.3 Å². The number of hydrogen-bond donors (Lipinski definition) is 1. The monoisotopic (exact) mass is 443 g/mol. The molecule has 3 aromatic heterocycles. The first-order valence-electron chi connectivity index (χ1n) is 10.5. The maximum absolute atomic E-state index is 11.8. The molecule has 1 aliphatic heterocycles. The zero-order valence-electron chi connectivity index (χ0n) is 18.8. The van der Waals surface area contributed by atoms with Gasteiger partial charge in [0.25, 0.3) is 0 Å². The van der Waals surface area contributed by atoms with E-state index >= 15 is 0 Å². The topological polar surface area (TPSA) is 102 Å². The van der Waals surface area contributed by atoms with E-state index in [1.54, 1.807) is 23.0 Å². The van der Waals surface area contributed by atoms with Gasteiger partial charge >= 0.3 is 6.09 Å². The third kappa shape index (κ3) is 3.66. The molecule has 0 spiro atoms. The molecule has 0 saturated carbocycles. The first-order valence-corrected chi connectivity index (χ1v) is 11.4. The third-order valence-corrected chi connectivity index (χ3v) is 7.32. The maximum Gasteiger partial charge on any atom is 0.407 e. The van der Waals surface area contributed by atoms with Crippen molar-refractivity contribution in [3.63, 3.8) is 0 Å². The van der Waals surface area contributed by atoms with E-state index < -0.39 is 6.09 Å². The fourth-order valence-electron chi connectivity index (χ4n) is 4.56. The summed E-state index contributed by atoms with van der Waals surface area (Å²) in [6.45, 7) is 11.7. The van der Waals surface area contributed by atoms with Gasteiger partial charge in [-0.15, -0.1) is 0 Å². The average molecular weight is 444 g/mol. The third-order valence-electron chi connectivity index (χ3n) is 6.00. The Kier molecular flexibility index (Phi) is 5.45. The smallest absolute Gasteiger partial charge is 0.407 e. The Balaban J connectivity index is 1.74. The minimum absolute atomic E-state index is 0.101. The van der Waals surface area contributed by atoms with Gasteiger partial charge in [-0.25, -0.2) is 19.7 Å². The van der Waals surface area contributed by atoms with E-state index in [2.05, 4.69) is 42.8 Å². The van der Waals surface area contributed by atoms with Crippen LogP contribution in [0.15, 0.2) is 17.6 Å². The summed E-state index contributed by atoms with van der Waals surface area (Å²) in [4.78, 5) is 27.3. The van der Waals surface area contributed by atoms with Crippen LogP contribution in [-0.4, -0.2) is 63.2 Å². The fourth-order valence-corrected chi connectivity index (χ4v) is 6.11. The fraction of sp³-hybridized carbons (Fsp3) is 0.571. The van der Waals surface area contributed by atoms with Gasteiger partial charge in [-0.05, 0) is 25.7 Å². The lowest BCUT2D eigenvalue weighted by molar-refractivity contribution is 0.108. The number of rotatable bonds is 4. The molecule has 10 heteroatoms. The predicted molar refractivity (Wildman–Crippen MR) is 120 cm³/mol. The number of carboxylic acid groups (broad SMARTS) is 1. The van der Waals surface area contributed by atoms with Crippen LogP contribution in [0.3, 0.4) is 0 Å². The second-order valence-electron chi connectivity index (χ2n) is 9.04. The predicted octanol–water partition coefficient (Wildman–Crippen LogP) is 3.81. The molecule has 0 bridgehead atoms. The van der Waals surface area contributed by atoms with Crippen molar-refractivity contribution in [3.05, 3.63) is 18.2 Å². The van der Waals surface area contributed by atoms with Gasteiger partial charge in [0.15, 0.2) is 5.65 Å². The summed E-state index contributed by atoms with van der Waals surface area (Å²) in [5, 5.41) is 15.0. The van der Waals surface area contributed by atoms with Gasteiger partial charge in [0.2, 0.25) is 0 Å². The number of likely N-dealkylation sites (tertiary alicyclic amines) is 1. The van der Waals surface area contributed by atoms with Crippen molar-refractivity contribution in [2.75, 3.05) is 6.54 Å². The molecule has 4 heterocycles.